The van der Waals surface area contributed by atoms with E-state index in [4.69, 9.17) is 20.4 Å². The zero-order valence-electron chi connectivity index (χ0n) is 17.4. The highest BCUT2D eigenvalue weighted by Crippen LogP contribution is 2.26. The molecular weight excluding hydrogens is 462 g/mol. The second kappa shape index (κ2) is 9.88. The van der Waals surface area contributed by atoms with Gasteiger partial charge in [0.15, 0.2) is 5.76 Å². The van der Waals surface area contributed by atoms with Crippen molar-refractivity contribution in [3.8, 4) is 22.6 Å². The van der Waals surface area contributed by atoms with Crippen LogP contribution in [0.3, 0.4) is 0 Å². The zero-order chi connectivity index (χ0) is 24.1. The molecule has 0 spiro atoms. The molecule has 2 aromatic carbocycles. The Morgan fingerprint density at radius 2 is 1.62 bits per heavy atom. The van der Waals surface area contributed by atoms with Gasteiger partial charge in [-0.15, -0.1) is 0 Å². The summed E-state index contributed by atoms with van der Waals surface area (Å²) in [4.78, 5) is 34.7. The van der Waals surface area contributed by atoms with Crippen LogP contribution < -0.4 is 10.9 Å². The Balaban J connectivity index is 1.32. The lowest BCUT2D eigenvalue weighted by Crippen LogP contribution is -2.40. The van der Waals surface area contributed by atoms with E-state index in [0.717, 1.165) is 11.6 Å². The molecule has 0 aliphatic heterocycles. The topological polar surface area (TPSA) is 128 Å². The minimum Gasteiger partial charge on any atom is -0.457 e. The van der Waals surface area contributed by atoms with Gasteiger partial charge in [-0.25, -0.2) is 0 Å². The summed E-state index contributed by atoms with van der Waals surface area (Å²) in [6.45, 7) is 0. The maximum Gasteiger partial charge on any atom is 0.305 e. The Morgan fingerprint density at radius 1 is 0.882 bits per heavy atom. The Labute approximate surface area is 197 Å². The largest absolute Gasteiger partial charge is 0.457 e. The fourth-order valence-corrected chi connectivity index (χ4v) is 3.10. The lowest BCUT2D eigenvalue weighted by atomic mass is 10.1. The van der Waals surface area contributed by atoms with Gasteiger partial charge in [-0.3, -0.25) is 30.6 Å². The summed E-state index contributed by atoms with van der Waals surface area (Å²) in [6.07, 6.45) is 2.56. The number of carbonyl (C=O) groups is 2. The SMILES string of the molecule is O=C(C=Cc1ccc(-c2cccc([N+](=O)[O-])c2)o1)NNC(=O)c1ccc(-c2ccc(Cl)cc2)o1. The van der Waals surface area contributed by atoms with Crippen LogP contribution in [0.5, 0.6) is 0 Å². The molecule has 2 heterocycles. The lowest BCUT2D eigenvalue weighted by molar-refractivity contribution is -0.384. The smallest absolute Gasteiger partial charge is 0.305 e. The van der Waals surface area contributed by atoms with Gasteiger partial charge >= 0.3 is 5.91 Å². The molecule has 170 valence electrons. The van der Waals surface area contributed by atoms with Gasteiger partial charge in [-0.2, -0.15) is 0 Å². The summed E-state index contributed by atoms with van der Waals surface area (Å²) in [7, 11) is 0. The minimum absolute atomic E-state index is 0.0156. The molecule has 2 amide bonds. The summed E-state index contributed by atoms with van der Waals surface area (Å²) in [5.74, 6) is 0.0133. The van der Waals surface area contributed by atoms with Gasteiger partial charge in [-0.05, 0) is 54.6 Å². The van der Waals surface area contributed by atoms with Gasteiger partial charge in [0, 0.05) is 34.4 Å². The van der Waals surface area contributed by atoms with Crippen molar-refractivity contribution in [2.24, 2.45) is 0 Å². The van der Waals surface area contributed by atoms with Crippen LogP contribution in [0.1, 0.15) is 16.3 Å². The van der Waals surface area contributed by atoms with Crippen molar-refractivity contribution in [2.75, 3.05) is 0 Å². The molecule has 2 aromatic heterocycles. The van der Waals surface area contributed by atoms with Crippen molar-refractivity contribution >= 4 is 35.2 Å². The predicted octanol–water partition coefficient (Wildman–Crippen LogP) is 5.24. The molecule has 0 radical (unpaired) electrons. The standard InChI is InChI=1S/C24H16ClN3O6/c25-17-6-4-15(5-7-17)20-11-12-22(34-20)24(30)27-26-23(29)13-9-19-8-10-21(33-19)16-2-1-3-18(14-16)28(31)32/h1-14H,(H,26,29)(H,27,30). The van der Waals surface area contributed by atoms with Crippen LogP contribution in [0.4, 0.5) is 5.69 Å². The molecule has 34 heavy (non-hydrogen) atoms. The second-order valence-corrected chi connectivity index (χ2v) is 7.39. The fraction of sp³-hybridized carbons (Fsp3) is 0. The number of non-ortho nitro benzene ring substituents is 1. The summed E-state index contributed by atoms with van der Waals surface area (Å²) in [5, 5.41) is 11.5. The third kappa shape index (κ3) is 5.40. The van der Waals surface area contributed by atoms with E-state index in [1.165, 1.54) is 24.3 Å². The van der Waals surface area contributed by atoms with Crippen LogP contribution >= 0.6 is 11.6 Å². The van der Waals surface area contributed by atoms with Crippen molar-refractivity contribution in [2.45, 2.75) is 0 Å². The highest BCUT2D eigenvalue weighted by atomic mass is 35.5. The van der Waals surface area contributed by atoms with E-state index in [0.29, 0.717) is 27.9 Å². The van der Waals surface area contributed by atoms with Crippen LogP contribution in [0.15, 0.2) is 87.7 Å². The molecule has 4 rings (SSSR count). The fourth-order valence-electron chi connectivity index (χ4n) is 2.98. The monoisotopic (exact) mass is 477 g/mol. The molecule has 4 aromatic rings. The highest BCUT2D eigenvalue weighted by molar-refractivity contribution is 6.30. The maximum atomic E-state index is 12.2. The summed E-state index contributed by atoms with van der Waals surface area (Å²) in [5.41, 5.74) is 5.73. The first-order valence-corrected chi connectivity index (χ1v) is 10.3. The van der Waals surface area contributed by atoms with Gasteiger partial charge < -0.3 is 8.83 Å². The summed E-state index contributed by atoms with van der Waals surface area (Å²) < 4.78 is 11.1. The molecule has 2 N–H and O–H groups in total. The number of nitro groups is 1. The molecule has 0 aliphatic carbocycles. The first kappa shape index (κ1) is 22.6. The number of nitrogens with one attached hydrogen (secondary N) is 2. The second-order valence-electron chi connectivity index (χ2n) is 6.96. The van der Waals surface area contributed by atoms with E-state index in [9.17, 15) is 19.7 Å². The Bertz CT molecular complexity index is 1390. The van der Waals surface area contributed by atoms with Crippen LogP contribution in [0, 0.1) is 10.1 Å². The highest BCUT2D eigenvalue weighted by Gasteiger charge is 2.13. The van der Waals surface area contributed by atoms with E-state index in [-0.39, 0.29) is 11.4 Å². The van der Waals surface area contributed by atoms with E-state index in [2.05, 4.69) is 10.9 Å². The zero-order valence-corrected chi connectivity index (χ0v) is 18.1. The molecular formula is C24H16ClN3O6. The number of halogens is 1. The van der Waals surface area contributed by atoms with Crippen molar-refractivity contribution in [3.63, 3.8) is 0 Å². The number of hydrogen-bond acceptors (Lipinski definition) is 6. The summed E-state index contributed by atoms with van der Waals surface area (Å²) >= 11 is 5.87. The third-order valence-corrected chi connectivity index (χ3v) is 4.88. The molecule has 0 saturated carbocycles. The van der Waals surface area contributed by atoms with Crippen molar-refractivity contribution < 1.29 is 23.3 Å². The Morgan fingerprint density at radius 3 is 2.38 bits per heavy atom. The molecule has 0 aliphatic rings. The van der Waals surface area contributed by atoms with E-state index >= 15 is 0 Å². The van der Waals surface area contributed by atoms with Crippen LogP contribution in [0.25, 0.3) is 28.7 Å². The molecule has 10 heteroatoms. The molecule has 0 unspecified atom stereocenters. The van der Waals surface area contributed by atoms with E-state index in [1.54, 1.807) is 54.6 Å². The van der Waals surface area contributed by atoms with Crippen LogP contribution in [-0.2, 0) is 4.79 Å². The number of nitrogens with zero attached hydrogens (tertiary/aromatic N) is 1. The molecule has 0 fully saturated rings. The third-order valence-electron chi connectivity index (χ3n) is 4.63. The van der Waals surface area contributed by atoms with Gasteiger partial charge in [0.25, 0.3) is 11.6 Å². The number of rotatable bonds is 6. The van der Waals surface area contributed by atoms with Crippen molar-refractivity contribution in [1.82, 2.24) is 10.9 Å². The van der Waals surface area contributed by atoms with E-state index in [1.807, 2.05) is 0 Å². The van der Waals surface area contributed by atoms with Crippen molar-refractivity contribution in [1.29, 1.82) is 0 Å². The average Bonchev–Trinajstić information content (AvgIpc) is 3.52. The predicted molar refractivity (Wildman–Crippen MR) is 125 cm³/mol. The number of nitro benzene ring substituents is 1. The lowest BCUT2D eigenvalue weighted by Gasteiger charge is -2.03. The quantitative estimate of drug-likeness (QED) is 0.222. The van der Waals surface area contributed by atoms with E-state index < -0.39 is 16.7 Å². The van der Waals surface area contributed by atoms with Crippen molar-refractivity contribution in [3.05, 3.63) is 106 Å². The number of hydrazine groups is 1. The average molecular weight is 478 g/mol. The van der Waals surface area contributed by atoms with Gasteiger partial charge in [0.2, 0.25) is 0 Å². The van der Waals surface area contributed by atoms with Gasteiger partial charge in [0.1, 0.15) is 17.3 Å². The first-order valence-electron chi connectivity index (χ1n) is 9.88. The number of furan rings is 2. The minimum atomic E-state index is -0.632. The normalized spacial score (nSPS) is 10.9. The maximum absolute atomic E-state index is 12.2. The number of amides is 2. The number of hydrogen-bond donors (Lipinski definition) is 2. The summed E-state index contributed by atoms with van der Waals surface area (Å²) in [6, 6.07) is 19.3. The number of benzene rings is 2. The first-order chi connectivity index (χ1) is 16.4. The molecule has 0 atom stereocenters. The molecule has 0 saturated heterocycles. The van der Waals surface area contributed by atoms with Crippen LogP contribution in [-0.4, -0.2) is 16.7 Å². The van der Waals surface area contributed by atoms with Gasteiger partial charge in [-0.1, -0.05) is 23.7 Å². The van der Waals surface area contributed by atoms with Gasteiger partial charge in [0.05, 0.1) is 4.92 Å². The number of carbonyl (C=O) groups excluding carboxylic acids is 2. The molecule has 0 bridgehead atoms. The Hall–Kier alpha value is -4.63. The Kier molecular flexibility index (Phi) is 6.56. The van der Waals surface area contributed by atoms with Crippen LogP contribution in [0.2, 0.25) is 5.02 Å². The molecule has 9 nitrogen and oxygen atoms in total.